The molecule has 0 aliphatic carbocycles. The summed E-state index contributed by atoms with van der Waals surface area (Å²) < 4.78 is 0. The van der Waals surface area contributed by atoms with Crippen molar-refractivity contribution in [2.45, 2.75) is 46.1 Å². The van der Waals surface area contributed by atoms with Gasteiger partial charge in [0.15, 0.2) is 0 Å². The fourth-order valence-corrected chi connectivity index (χ4v) is 1.46. The summed E-state index contributed by atoms with van der Waals surface area (Å²) in [5, 5.41) is 14.7. The zero-order valence-corrected chi connectivity index (χ0v) is 9.45. The summed E-state index contributed by atoms with van der Waals surface area (Å²) in [6.45, 7) is 7.53. The Kier molecular flexibility index (Phi) is 7.20. The molecule has 1 atom stereocenters. The lowest BCUT2D eigenvalue weighted by atomic mass is 10.0. The Morgan fingerprint density at radius 3 is 2.57 bits per heavy atom. The first-order chi connectivity index (χ1) is 6.61. The Hall–Kier alpha value is -0.770. The first-order valence-corrected chi connectivity index (χ1v) is 5.31. The van der Waals surface area contributed by atoms with E-state index in [1.807, 2.05) is 0 Å². The number of nitrogens with zero attached hydrogens (tertiary/aromatic N) is 1. The van der Waals surface area contributed by atoms with Gasteiger partial charge in [0.1, 0.15) is 5.84 Å². The fourth-order valence-electron chi connectivity index (χ4n) is 1.46. The predicted octanol–water partition coefficient (Wildman–Crippen LogP) is 1.54. The number of nitrogens with two attached hydrogens (primary N) is 1. The Bertz CT molecular complexity index is 169. The molecule has 0 saturated heterocycles. The van der Waals surface area contributed by atoms with Gasteiger partial charge in [0.2, 0.25) is 0 Å². The Morgan fingerprint density at radius 2 is 2.14 bits per heavy atom. The highest BCUT2D eigenvalue weighted by molar-refractivity contribution is 5.79. The van der Waals surface area contributed by atoms with Gasteiger partial charge in [-0.05, 0) is 25.3 Å². The van der Waals surface area contributed by atoms with Gasteiger partial charge in [-0.25, -0.2) is 0 Å². The molecule has 14 heavy (non-hydrogen) atoms. The lowest BCUT2D eigenvalue weighted by Gasteiger charge is -2.20. The van der Waals surface area contributed by atoms with Crippen molar-refractivity contribution in [2.75, 3.05) is 6.54 Å². The van der Waals surface area contributed by atoms with Crippen LogP contribution in [0, 0.1) is 5.92 Å². The van der Waals surface area contributed by atoms with Crippen LogP contribution >= 0.6 is 0 Å². The van der Waals surface area contributed by atoms with Crippen molar-refractivity contribution >= 4 is 5.84 Å². The third-order valence-corrected chi connectivity index (χ3v) is 2.39. The lowest BCUT2D eigenvalue weighted by Crippen LogP contribution is -2.34. The SMILES string of the molecule is CCC(NCCCC(N)=NO)C(C)C. The summed E-state index contributed by atoms with van der Waals surface area (Å²) in [6.07, 6.45) is 2.71. The molecule has 4 nitrogen and oxygen atoms in total. The van der Waals surface area contributed by atoms with Crippen molar-refractivity contribution in [3.05, 3.63) is 0 Å². The summed E-state index contributed by atoms with van der Waals surface area (Å²) in [6, 6.07) is 0.572. The molecule has 0 amide bonds. The molecular weight excluding hydrogens is 178 g/mol. The first-order valence-electron chi connectivity index (χ1n) is 5.31. The van der Waals surface area contributed by atoms with Gasteiger partial charge in [0, 0.05) is 12.5 Å². The second kappa shape index (κ2) is 7.62. The molecule has 0 bridgehead atoms. The Balaban J connectivity index is 3.52. The number of rotatable bonds is 7. The molecule has 0 fully saturated rings. The summed E-state index contributed by atoms with van der Waals surface area (Å²) in [4.78, 5) is 0. The third-order valence-electron chi connectivity index (χ3n) is 2.39. The monoisotopic (exact) mass is 201 g/mol. The normalized spacial score (nSPS) is 14.7. The molecule has 0 rings (SSSR count). The van der Waals surface area contributed by atoms with Crippen molar-refractivity contribution in [3.8, 4) is 0 Å². The Morgan fingerprint density at radius 1 is 1.50 bits per heavy atom. The highest BCUT2D eigenvalue weighted by Crippen LogP contribution is 2.05. The van der Waals surface area contributed by atoms with E-state index in [4.69, 9.17) is 10.9 Å². The topological polar surface area (TPSA) is 70.6 Å². The summed E-state index contributed by atoms with van der Waals surface area (Å²) in [5.41, 5.74) is 5.35. The molecule has 0 heterocycles. The average molecular weight is 201 g/mol. The van der Waals surface area contributed by atoms with Crippen LogP contribution in [0.2, 0.25) is 0 Å². The zero-order chi connectivity index (χ0) is 11.0. The highest BCUT2D eigenvalue weighted by Gasteiger charge is 2.08. The number of nitrogens with one attached hydrogen (secondary N) is 1. The maximum atomic E-state index is 8.32. The zero-order valence-electron chi connectivity index (χ0n) is 9.45. The van der Waals surface area contributed by atoms with Gasteiger partial charge in [-0.15, -0.1) is 0 Å². The number of hydrogen-bond donors (Lipinski definition) is 3. The van der Waals surface area contributed by atoms with Crippen LogP contribution in [-0.2, 0) is 0 Å². The van der Waals surface area contributed by atoms with Crippen LogP contribution in [0.25, 0.3) is 0 Å². The van der Waals surface area contributed by atoms with Gasteiger partial charge < -0.3 is 16.3 Å². The van der Waals surface area contributed by atoms with Gasteiger partial charge in [0.05, 0.1) is 0 Å². The molecule has 0 aromatic rings. The van der Waals surface area contributed by atoms with Crippen LogP contribution in [-0.4, -0.2) is 23.6 Å². The van der Waals surface area contributed by atoms with E-state index < -0.39 is 0 Å². The largest absolute Gasteiger partial charge is 0.409 e. The number of oxime groups is 1. The number of amidine groups is 1. The van der Waals surface area contributed by atoms with Crippen LogP contribution in [0.3, 0.4) is 0 Å². The maximum Gasteiger partial charge on any atom is 0.139 e. The van der Waals surface area contributed by atoms with Crippen LogP contribution in [0.15, 0.2) is 5.16 Å². The highest BCUT2D eigenvalue weighted by atomic mass is 16.4. The van der Waals surface area contributed by atoms with Gasteiger partial charge in [-0.1, -0.05) is 25.9 Å². The van der Waals surface area contributed by atoms with Crippen LogP contribution in [0.5, 0.6) is 0 Å². The molecule has 84 valence electrons. The second-order valence-electron chi connectivity index (χ2n) is 3.91. The van der Waals surface area contributed by atoms with E-state index in [9.17, 15) is 0 Å². The molecular formula is C10H23N3O. The molecule has 0 aliphatic heterocycles. The molecule has 0 aromatic heterocycles. The van der Waals surface area contributed by atoms with E-state index in [1.165, 1.54) is 0 Å². The molecule has 0 saturated carbocycles. The first kappa shape index (κ1) is 13.2. The van der Waals surface area contributed by atoms with Crippen LogP contribution in [0.4, 0.5) is 0 Å². The molecule has 0 spiro atoms. The van der Waals surface area contributed by atoms with E-state index in [-0.39, 0.29) is 0 Å². The minimum Gasteiger partial charge on any atom is -0.409 e. The quantitative estimate of drug-likeness (QED) is 0.192. The van der Waals surface area contributed by atoms with Gasteiger partial charge >= 0.3 is 0 Å². The van der Waals surface area contributed by atoms with E-state index in [1.54, 1.807) is 0 Å². The minimum absolute atomic E-state index is 0.310. The predicted molar refractivity (Wildman–Crippen MR) is 59.6 cm³/mol. The average Bonchev–Trinajstić information content (AvgIpc) is 2.16. The van der Waals surface area contributed by atoms with Crippen molar-refractivity contribution in [1.82, 2.24) is 5.32 Å². The molecule has 1 unspecified atom stereocenters. The molecule has 0 aromatic carbocycles. The third kappa shape index (κ3) is 5.80. The van der Waals surface area contributed by atoms with Crippen LogP contribution < -0.4 is 11.1 Å². The molecule has 0 aliphatic rings. The van der Waals surface area contributed by atoms with Crippen molar-refractivity contribution < 1.29 is 5.21 Å². The summed E-state index contributed by atoms with van der Waals surface area (Å²) >= 11 is 0. The fraction of sp³-hybridized carbons (Fsp3) is 0.900. The summed E-state index contributed by atoms with van der Waals surface area (Å²) in [5.74, 6) is 0.966. The maximum absolute atomic E-state index is 8.32. The van der Waals surface area contributed by atoms with E-state index >= 15 is 0 Å². The Labute approximate surface area is 86.6 Å². The van der Waals surface area contributed by atoms with E-state index in [0.29, 0.717) is 24.2 Å². The van der Waals surface area contributed by atoms with Gasteiger partial charge in [0.25, 0.3) is 0 Å². The van der Waals surface area contributed by atoms with E-state index in [0.717, 1.165) is 19.4 Å². The van der Waals surface area contributed by atoms with Crippen molar-refractivity contribution in [3.63, 3.8) is 0 Å². The number of hydrogen-bond acceptors (Lipinski definition) is 3. The minimum atomic E-state index is 0.310. The standard InChI is InChI=1S/C10H23N3O/c1-4-9(8(2)3)12-7-5-6-10(11)13-14/h8-9,12,14H,4-7H2,1-3H3,(H2,11,13). The van der Waals surface area contributed by atoms with Crippen molar-refractivity contribution in [2.24, 2.45) is 16.8 Å². The van der Waals surface area contributed by atoms with Gasteiger partial charge in [-0.2, -0.15) is 0 Å². The smallest absolute Gasteiger partial charge is 0.139 e. The molecule has 4 heteroatoms. The van der Waals surface area contributed by atoms with E-state index in [2.05, 4.69) is 31.2 Å². The second-order valence-corrected chi connectivity index (χ2v) is 3.91. The van der Waals surface area contributed by atoms with Crippen LogP contribution in [0.1, 0.15) is 40.0 Å². The van der Waals surface area contributed by atoms with Gasteiger partial charge in [-0.3, -0.25) is 0 Å². The lowest BCUT2D eigenvalue weighted by molar-refractivity contribution is 0.316. The molecule has 4 N–H and O–H groups in total. The summed E-state index contributed by atoms with van der Waals surface area (Å²) in [7, 11) is 0. The van der Waals surface area contributed by atoms with Crippen molar-refractivity contribution in [1.29, 1.82) is 0 Å². The molecule has 0 radical (unpaired) electrons.